The van der Waals surface area contributed by atoms with Crippen molar-refractivity contribution in [1.29, 1.82) is 0 Å². The van der Waals surface area contributed by atoms with Crippen LogP contribution in [-0.2, 0) is 14.4 Å². The number of methoxy groups -OCH3 is 1. The first-order chi connectivity index (χ1) is 14.5. The molecule has 2 unspecified atom stereocenters. The van der Waals surface area contributed by atoms with Gasteiger partial charge in [-0.25, -0.2) is 4.98 Å². The summed E-state index contributed by atoms with van der Waals surface area (Å²) in [7, 11) is 1.62. The van der Waals surface area contributed by atoms with Crippen LogP contribution in [0.3, 0.4) is 0 Å². The Balaban J connectivity index is 1.36. The third-order valence-electron chi connectivity index (χ3n) is 5.90. The van der Waals surface area contributed by atoms with E-state index in [1.54, 1.807) is 7.11 Å². The number of imide groups is 1. The summed E-state index contributed by atoms with van der Waals surface area (Å²) in [6.07, 6.45) is 3.63. The van der Waals surface area contributed by atoms with Gasteiger partial charge in [-0.15, -0.1) is 11.3 Å². The molecule has 7 nitrogen and oxygen atoms in total. The Morgan fingerprint density at radius 3 is 2.40 bits per heavy atom. The topological polar surface area (TPSA) is 88.6 Å². The van der Waals surface area contributed by atoms with Gasteiger partial charge >= 0.3 is 0 Å². The Morgan fingerprint density at radius 2 is 1.80 bits per heavy atom. The molecule has 3 amide bonds. The van der Waals surface area contributed by atoms with E-state index in [4.69, 9.17) is 4.74 Å². The van der Waals surface area contributed by atoms with Gasteiger partial charge in [-0.3, -0.25) is 19.3 Å². The fraction of sp³-hybridized carbons (Fsp3) is 0.455. The first-order valence-electron chi connectivity index (χ1n) is 10.2. The summed E-state index contributed by atoms with van der Waals surface area (Å²) in [4.78, 5) is 44.3. The number of fused-ring (bicyclic) bond motifs is 1. The summed E-state index contributed by atoms with van der Waals surface area (Å²) in [6.45, 7) is 2.09. The van der Waals surface area contributed by atoms with E-state index in [1.807, 2.05) is 31.2 Å². The zero-order valence-corrected chi connectivity index (χ0v) is 18.0. The lowest BCUT2D eigenvalue weighted by Gasteiger charge is -2.19. The summed E-state index contributed by atoms with van der Waals surface area (Å²) in [6, 6.07) is 7.59. The normalized spacial score (nSPS) is 20.9. The Hall–Kier alpha value is -2.74. The summed E-state index contributed by atoms with van der Waals surface area (Å²) in [5.74, 6) is -0.0498. The number of carbonyl (C=O) groups is 3. The SMILES string of the molecule is COc1ccc(-c2nc(NC(=O)CCN3C(=O)C4CCCCC4C3=O)sc2C)cc1. The van der Waals surface area contributed by atoms with Crippen molar-refractivity contribution in [1.82, 2.24) is 9.88 Å². The van der Waals surface area contributed by atoms with Gasteiger partial charge in [0.25, 0.3) is 0 Å². The molecule has 1 N–H and O–H groups in total. The number of ether oxygens (including phenoxy) is 1. The number of thiazole rings is 1. The number of rotatable bonds is 6. The summed E-state index contributed by atoms with van der Waals surface area (Å²) >= 11 is 1.40. The highest BCUT2D eigenvalue weighted by atomic mass is 32.1. The fourth-order valence-electron chi connectivity index (χ4n) is 4.31. The predicted octanol–water partition coefficient (Wildman–Crippen LogP) is 3.63. The third-order valence-corrected chi connectivity index (χ3v) is 6.79. The molecule has 2 aromatic rings. The van der Waals surface area contributed by atoms with Crippen molar-refractivity contribution in [3.63, 3.8) is 0 Å². The first kappa shape index (κ1) is 20.5. The van der Waals surface area contributed by atoms with Gasteiger partial charge in [0.2, 0.25) is 17.7 Å². The van der Waals surface area contributed by atoms with E-state index >= 15 is 0 Å². The standard InChI is InChI=1S/C22H25N3O4S/c1-13-19(14-7-9-15(29-2)10-8-14)24-22(30-13)23-18(26)11-12-25-20(27)16-5-3-4-6-17(16)21(25)28/h7-10,16-17H,3-6,11-12H2,1-2H3,(H,23,24,26). The lowest BCUT2D eigenvalue weighted by molar-refractivity contribution is -0.140. The van der Waals surface area contributed by atoms with Crippen LogP contribution in [0.15, 0.2) is 24.3 Å². The second-order valence-corrected chi connectivity index (χ2v) is 8.98. The molecule has 2 heterocycles. The van der Waals surface area contributed by atoms with Crippen molar-refractivity contribution in [3.05, 3.63) is 29.1 Å². The number of carbonyl (C=O) groups excluding carboxylic acids is 3. The van der Waals surface area contributed by atoms with Gasteiger partial charge in [-0.2, -0.15) is 0 Å². The highest BCUT2D eigenvalue weighted by Crippen LogP contribution is 2.38. The molecule has 30 heavy (non-hydrogen) atoms. The van der Waals surface area contributed by atoms with Crippen LogP contribution in [0.1, 0.15) is 37.0 Å². The Morgan fingerprint density at radius 1 is 1.17 bits per heavy atom. The molecule has 1 aromatic carbocycles. The number of nitrogens with zero attached hydrogens (tertiary/aromatic N) is 2. The quantitative estimate of drug-likeness (QED) is 0.711. The van der Waals surface area contributed by atoms with Gasteiger partial charge in [-0.1, -0.05) is 12.8 Å². The van der Waals surface area contributed by atoms with Crippen LogP contribution in [0.4, 0.5) is 5.13 Å². The molecule has 0 spiro atoms. The van der Waals surface area contributed by atoms with Gasteiger partial charge in [0.15, 0.2) is 5.13 Å². The molecule has 0 radical (unpaired) electrons. The van der Waals surface area contributed by atoms with Crippen molar-refractivity contribution in [2.24, 2.45) is 11.8 Å². The lowest BCUT2D eigenvalue weighted by Crippen LogP contribution is -2.34. The first-order valence-corrected chi connectivity index (χ1v) is 11.1. The molecule has 1 aliphatic carbocycles. The van der Waals surface area contributed by atoms with E-state index in [0.29, 0.717) is 5.13 Å². The summed E-state index contributed by atoms with van der Waals surface area (Å²) in [5.41, 5.74) is 1.76. The number of likely N-dealkylation sites (tertiary alicyclic amines) is 1. The number of amides is 3. The Kier molecular flexibility index (Phi) is 5.85. The van der Waals surface area contributed by atoms with Crippen LogP contribution in [0, 0.1) is 18.8 Å². The van der Waals surface area contributed by atoms with Gasteiger partial charge in [0.05, 0.1) is 24.6 Å². The molecular formula is C22H25N3O4S. The van der Waals surface area contributed by atoms with Gasteiger partial charge in [-0.05, 0) is 44.0 Å². The maximum Gasteiger partial charge on any atom is 0.233 e. The molecule has 1 aliphatic heterocycles. The molecular weight excluding hydrogens is 402 g/mol. The molecule has 2 atom stereocenters. The van der Waals surface area contributed by atoms with Crippen LogP contribution >= 0.6 is 11.3 Å². The predicted molar refractivity (Wildman–Crippen MR) is 114 cm³/mol. The number of aryl methyl sites for hydroxylation is 1. The lowest BCUT2D eigenvalue weighted by atomic mass is 9.81. The fourth-order valence-corrected chi connectivity index (χ4v) is 5.17. The van der Waals surface area contributed by atoms with Crippen LogP contribution in [0.5, 0.6) is 5.75 Å². The zero-order chi connectivity index (χ0) is 21.3. The van der Waals surface area contributed by atoms with E-state index < -0.39 is 0 Å². The monoisotopic (exact) mass is 427 g/mol. The number of hydrogen-bond donors (Lipinski definition) is 1. The molecule has 1 saturated carbocycles. The highest BCUT2D eigenvalue weighted by molar-refractivity contribution is 7.16. The summed E-state index contributed by atoms with van der Waals surface area (Å²) < 4.78 is 5.18. The molecule has 158 valence electrons. The second kappa shape index (κ2) is 8.55. The molecule has 1 saturated heterocycles. The van der Waals surface area contributed by atoms with E-state index in [0.717, 1.165) is 47.6 Å². The van der Waals surface area contributed by atoms with Gasteiger partial charge < -0.3 is 10.1 Å². The van der Waals surface area contributed by atoms with E-state index in [9.17, 15) is 14.4 Å². The minimum absolute atomic E-state index is 0.0768. The van der Waals surface area contributed by atoms with Gasteiger partial charge in [0.1, 0.15) is 5.75 Å². The number of nitrogens with one attached hydrogen (secondary N) is 1. The number of hydrogen-bond acceptors (Lipinski definition) is 6. The molecule has 2 fully saturated rings. The van der Waals surface area contributed by atoms with E-state index in [1.165, 1.54) is 16.2 Å². The van der Waals surface area contributed by atoms with Crippen LogP contribution in [0.25, 0.3) is 11.3 Å². The minimum atomic E-state index is -0.250. The zero-order valence-electron chi connectivity index (χ0n) is 17.1. The maximum atomic E-state index is 12.5. The Bertz CT molecular complexity index is 945. The van der Waals surface area contributed by atoms with Crippen LogP contribution in [-0.4, -0.2) is 41.3 Å². The van der Waals surface area contributed by atoms with Crippen molar-refractivity contribution in [2.75, 3.05) is 19.0 Å². The second-order valence-electron chi connectivity index (χ2n) is 7.78. The average molecular weight is 428 g/mol. The molecule has 4 rings (SSSR count). The van der Waals surface area contributed by atoms with Crippen molar-refractivity contribution < 1.29 is 19.1 Å². The molecule has 2 aliphatic rings. The minimum Gasteiger partial charge on any atom is -0.497 e. The van der Waals surface area contributed by atoms with Crippen molar-refractivity contribution >= 4 is 34.2 Å². The smallest absolute Gasteiger partial charge is 0.233 e. The number of benzene rings is 1. The number of anilines is 1. The van der Waals surface area contributed by atoms with Crippen LogP contribution in [0.2, 0.25) is 0 Å². The van der Waals surface area contributed by atoms with Crippen molar-refractivity contribution in [2.45, 2.75) is 39.0 Å². The van der Waals surface area contributed by atoms with Crippen LogP contribution < -0.4 is 10.1 Å². The Labute approximate surface area is 179 Å². The molecule has 8 heteroatoms. The maximum absolute atomic E-state index is 12.5. The molecule has 1 aromatic heterocycles. The van der Waals surface area contributed by atoms with Gasteiger partial charge in [0, 0.05) is 23.4 Å². The number of aromatic nitrogens is 1. The highest BCUT2D eigenvalue weighted by Gasteiger charge is 2.47. The van der Waals surface area contributed by atoms with E-state index in [-0.39, 0.29) is 42.5 Å². The van der Waals surface area contributed by atoms with Crippen molar-refractivity contribution in [3.8, 4) is 17.0 Å². The third kappa shape index (κ3) is 3.96. The summed E-state index contributed by atoms with van der Waals surface area (Å²) in [5, 5.41) is 3.32. The average Bonchev–Trinajstić information content (AvgIpc) is 3.24. The van der Waals surface area contributed by atoms with E-state index in [2.05, 4.69) is 10.3 Å². The largest absolute Gasteiger partial charge is 0.497 e. The molecule has 0 bridgehead atoms.